The van der Waals surface area contributed by atoms with Crippen molar-refractivity contribution in [2.75, 3.05) is 11.9 Å². The van der Waals surface area contributed by atoms with Crippen molar-refractivity contribution < 1.29 is 4.42 Å². The highest BCUT2D eigenvalue weighted by atomic mass is 16.3. The summed E-state index contributed by atoms with van der Waals surface area (Å²) in [5.74, 6) is 1.96. The Balaban J connectivity index is 2.14. The van der Waals surface area contributed by atoms with E-state index in [0.717, 1.165) is 23.8 Å². The summed E-state index contributed by atoms with van der Waals surface area (Å²) < 4.78 is 5.28. The monoisotopic (exact) mass is 216 g/mol. The van der Waals surface area contributed by atoms with Crippen LogP contribution in [0.3, 0.4) is 0 Å². The highest BCUT2D eigenvalue weighted by molar-refractivity contribution is 5.39. The van der Waals surface area contributed by atoms with Crippen molar-refractivity contribution in [2.45, 2.75) is 20.4 Å². The summed E-state index contributed by atoms with van der Waals surface area (Å²) >= 11 is 0. The Hall–Kier alpha value is -1.77. The molecular formula is C13H16N2O. The van der Waals surface area contributed by atoms with E-state index in [0.29, 0.717) is 0 Å². The van der Waals surface area contributed by atoms with E-state index in [1.54, 1.807) is 6.26 Å². The number of aromatic nitrogens is 1. The maximum atomic E-state index is 5.28. The van der Waals surface area contributed by atoms with Gasteiger partial charge in [0.05, 0.1) is 6.26 Å². The zero-order valence-corrected chi connectivity index (χ0v) is 9.90. The van der Waals surface area contributed by atoms with Gasteiger partial charge >= 0.3 is 0 Å². The van der Waals surface area contributed by atoms with Crippen molar-refractivity contribution in [1.29, 1.82) is 0 Å². The summed E-state index contributed by atoms with van der Waals surface area (Å²) in [7, 11) is 2.04. The Morgan fingerprint density at radius 3 is 2.69 bits per heavy atom. The highest BCUT2D eigenvalue weighted by Crippen LogP contribution is 2.16. The van der Waals surface area contributed by atoms with Crippen molar-refractivity contribution in [3.63, 3.8) is 0 Å². The van der Waals surface area contributed by atoms with Crippen LogP contribution in [0, 0.1) is 13.8 Å². The lowest BCUT2D eigenvalue weighted by Crippen LogP contribution is -2.17. The molecule has 0 radical (unpaired) electrons. The molecule has 2 heterocycles. The standard InChI is InChI=1S/C13H16N2O/c1-10-5-4-6-13(14-10)15(3)9-12-7-8-16-11(12)2/h4-8H,9H2,1-3H3. The fraction of sp³-hybridized carbons (Fsp3) is 0.308. The normalized spacial score (nSPS) is 10.4. The number of furan rings is 1. The van der Waals surface area contributed by atoms with Crippen LogP contribution in [0.5, 0.6) is 0 Å². The lowest BCUT2D eigenvalue weighted by molar-refractivity contribution is 0.529. The molecule has 2 rings (SSSR count). The Morgan fingerprint density at radius 2 is 2.06 bits per heavy atom. The molecule has 0 aliphatic carbocycles. The zero-order chi connectivity index (χ0) is 11.5. The maximum Gasteiger partial charge on any atom is 0.128 e. The van der Waals surface area contributed by atoms with Gasteiger partial charge in [0.25, 0.3) is 0 Å². The summed E-state index contributed by atoms with van der Waals surface area (Å²) in [5.41, 5.74) is 2.24. The van der Waals surface area contributed by atoms with Gasteiger partial charge in [-0.3, -0.25) is 0 Å². The second-order valence-corrected chi connectivity index (χ2v) is 4.00. The van der Waals surface area contributed by atoms with Crippen LogP contribution < -0.4 is 4.90 Å². The molecule has 0 spiro atoms. The van der Waals surface area contributed by atoms with E-state index in [9.17, 15) is 0 Å². The SMILES string of the molecule is Cc1cccc(N(C)Cc2ccoc2C)n1. The second-order valence-electron chi connectivity index (χ2n) is 4.00. The Labute approximate surface area is 95.7 Å². The molecule has 3 heteroatoms. The first kappa shape index (κ1) is 10.7. The van der Waals surface area contributed by atoms with Crippen molar-refractivity contribution in [1.82, 2.24) is 4.98 Å². The molecule has 0 amide bonds. The summed E-state index contributed by atoms with van der Waals surface area (Å²) in [6, 6.07) is 8.04. The molecule has 2 aromatic heterocycles. The fourth-order valence-electron chi connectivity index (χ4n) is 1.65. The number of nitrogens with zero attached hydrogens (tertiary/aromatic N) is 2. The molecule has 0 fully saturated rings. The first-order chi connectivity index (χ1) is 7.66. The molecule has 0 unspecified atom stereocenters. The van der Waals surface area contributed by atoms with Crippen LogP contribution in [-0.2, 0) is 6.54 Å². The number of aryl methyl sites for hydroxylation is 2. The first-order valence-electron chi connectivity index (χ1n) is 5.34. The van der Waals surface area contributed by atoms with Gasteiger partial charge in [0, 0.05) is 24.8 Å². The van der Waals surface area contributed by atoms with Gasteiger partial charge in [-0.25, -0.2) is 4.98 Å². The van der Waals surface area contributed by atoms with Crippen molar-refractivity contribution in [3.8, 4) is 0 Å². The molecular weight excluding hydrogens is 200 g/mol. The van der Waals surface area contributed by atoms with E-state index in [4.69, 9.17) is 4.42 Å². The van der Waals surface area contributed by atoms with E-state index in [-0.39, 0.29) is 0 Å². The molecule has 0 N–H and O–H groups in total. The Bertz CT molecular complexity index is 476. The molecule has 2 aromatic rings. The van der Waals surface area contributed by atoms with Gasteiger partial charge in [-0.05, 0) is 32.0 Å². The lowest BCUT2D eigenvalue weighted by atomic mass is 10.2. The van der Waals surface area contributed by atoms with Crippen LogP contribution in [0.2, 0.25) is 0 Å². The number of pyridine rings is 1. The van der Waals surface area contributed by atoms with Gasteiger partial charge in [0.2, 0.25) is 0 Å². The molecule has 0 bridgehead atoms. The van der Waals surface area contributed by atoms with Crippen LogP contribution in [0.15, 0.2) is 34.9 Å². The van der Waals surface area contributed by atoms with Crippen LogP contribution >= 0.6 is 0 Å². The van der Waals surface area contributed by atoms with E-state index < -0.39 is 0 Å². The highest BCUT2D eigenvalue weighted by Gasteiger charge is 2.07. The van der Waals surface area contributed by atoms with Gasteiger partial charge in [0.1, 0.15) is 11.6 Å². The van der Waals surface area contributed by atoms with E-state index in [1.807, 2.05) is 45.2 Å². The Kier molecular flexibility index (Phi) is 2.95. The first-order valence-corrected chi connectivity index (χ1v) is 5.34. The zero-order valence-electron chi connectivity index (χ0n) is 9.90. The molecule has 3 nitrogen and oxygen atoms in total. The third-order valence-corrected chi connectivity index (χ3v) is 2.64. The minimum Gasteiger partial charge on any atom is -0.469 e. The molecule has 0 aliphatic heterocycles. The quantitative estimate of drug-likeness (QED) is 0.790. The molecule has 0 saturated carbocycles. The number of anilines is 1. The number of rotatable bonds is 3. The van der Waals surface area contributed by atoms with Crippen molar-refractivity contribution in [3.05, 3.63) is 47.5 Å². The molecule has 0 aromatic carbocycles. The third-order valence-electron chi connectivity index (χ3n) is 2.64. The lowest BCUT2D eigenvalue weighted by Gasteiger charge is -2.17. The molecule has 0 atom stereocenters. The summed E-state index contributed by atoms with van der Waals surface area (Å²) in [6.07, 6.45) is 1.72. The number of hydrogen-bond donors (Lipinski definition) is 0. The van der Waals surface area contributed by atoms with Gasteiger partial charge in [0.15, 0.2) is 0 Å². The summed E-state index contributed by atoms with van der Waals surface area (Å²) in [4.78, 5) is 6.59. The summed E-state index contributed by atoms with van der Waals surface area (Å²) in [5, 5.41) is 0. The van der Waals surface area contributed by atoms with Crippen LogP contribution in [0.4, 0.5) is 5.82 Å². The van der Waals surface area contributed by atoms with Crippen LogP contribution in [0.1, 0.15) is 17.0 Å². The molecule has 84 valence electrons. The average Bonchev–Trinajstić information content (AvgIpc) is 2.64. The minimum absolute atomic E-state index is 0.818. The fourth-order valence-corrected chi connectivity index (χ4v) is 1.65. The van der Waals surface area contributed by atoms with Crippen molar-refractivity contribution >= 4 is 5.82 Å². The predicted molar refractivity (Wildman–Crippen MR) is 64.5 cm³/mol. The van der Waals surface area contributed by atoms with E-state index in [1.165, 1.54) is 5.56 Å². The van der Waals surface area contributed by atoms with Gasteiger partial charge in [-0.15, -0.1) is 0 Å². The van der Waals surface area contributed by atoms with Gasteiger partial charge in [-0.1, -0.05) is 6.07 Å². The summed E-state index contributed by atoms with van der Waals surface area (Å²) in [6.45, 7) is 4.80. The minimum atomic E-state index is 0.818. The largest absolute Gasteiger partial charge is 0.469 e. The molecule has 0 aliphatic rings. The van der Waals surface area contributed by atoms with Gasteiger partial charge < -0.3 is 9.32 Å². The van der Waals surface area contributed by atoms with Gasteiger partial charge in [-0.2, -0.15) is 0 Å². The molecule has 16 heavy (non-hydrogen) atoms. The van der Waals surface area contributed by atoms with E-state index >= 15 is 0 Å². The number of hydrogen-bond acceptors (Lipinski definition) is 3. The second kappa shape index (κ2) is 4.39. The smallest absolute Gasteiger partial charge is 0.128 e. The maximum absolute atomic E-state index is 5.28. The van der Waals surface area contributed by atoms with Crippen LogP contribution in [-0.4, -0.2) is 12.0 Å². The van der Waals surface area contributed by atoms with Crippen molar-refractivity contribution in [2.24, 2.45) is 0 Å². The third kappa shape index (κ3) is 2.24. The average molecular weight is 216 g/mol. The Morgan fingerprint density at radius 1 is 1.25 bits per heavy atom. The van der Waals surface area contributed by atoms with E-state index in [2.05, 4.69) is 9.88 Å². The van der Waals surface area contributed by atoms with Crippen LogP contribution in [0.25, 0.3) is 0 Å². The molecule has 0 saturated heterocycles. The predicted octanol–water partition coefficient (Wildman–Crippen LogP) is 2.93. The topological polar surface area (TPSA) is 29.3 Å².